The van der Waals surface area contributed by atoms with Crippen LogP contribution in [0.2, 0.25) is 0 Å². The van der Waals surface area contributed by atoms with Crippen molar-refractivity contribution in [3.05, 3.63) is 47.2 Å². The molecule has 0 radical (unpaired) electrons. The summed E-state index contributed by atoms with van der Waals surface area (Å²) in [5.41, 5.74) is 2.29. The van der Waals surface area contributed by atoms with E-state index in [0.717, 1.165) is 29.4 Å². The summed E-state index contributed by atoms with van der Waals surface area (Å²) in [5.74, 6) is 0.863. The molecule has 5 nitrogen and oxygen atoms in total. The lowest BCUT2D eigenvalue weighted by atomic mass is 10.1. The molecule has 1 fully saturated rings. The van der Waals surface area contributed by atoms with Crippen molar-refractivity contribution in [2.24, 2.45) is 7.05 Å². The molecule has 0 unspecified atom stereocenters. The van der Waals surface area contributed by atoms with Gasteiger partial charge >= 0.3 is 0 Å². The maximum atomic E-state index is 5.48. The minimum atomic E-state index is 0.440. The fraction of sp³-hybridized carbons (Fsp3) is 0.375. The Morgan fingerprint density at radius 2 is 2.41 bits per heavy atom. The lowest BCUT2D eigenvalue weighted by Gasteiger charge is -2.22. The van der Waals surface area contributed by atoms with Gasteiger partial charge in [-0.05, 0) is 30.8 Å². The Morgan fingerprint density at radius 1 is 1.45 bits per heavy atom. The van der Waals surface area contributed by atoms with Gasteiger partial charge in [-0.25, -0.2) is 0 Å². The van der Waals surface area contributed by atoms with Gasteiger partial charge in [-0.3, -0.25) is 9.58 Å². The summed E-state index contributed by atoms with van der Waals surface area (Å²) in [7, 11) is 1.97. The van der Waals surface area contributed by atoms with Crippen LogP contribution in [0.5, 0.6) is 0 Å². The van der Waals surface area contributed by atoms with E-state index in [2.05, 4.69) is 38.9 Å². The Kier molecular flexibility index (Phi) is 3.56. The second-order valence-corrected chi connectivity index (χ2v) is 6.68. The van der Waals surface area contributed by atoms with Gasteiger partial charge in [0.25, 0.3) is 0 Å². The van der Waals surface area contributed by atoms with E-state index in [1.165, 1.54) is 18.4 Å². The first-order chi connectivity index (χ1) is 10.8. The largest absolute Gasteiger partial charge is 0.355 e. The van der Waals surface area contributed by atoms with E-state index in [1.54, 1.807) is 11.3 Å². The molecule has 0 aromatic carbocycles. The molecule has 0 bridgehead atoms. The van der Waals surface area contributed by atoms with Crippen LogP contribution in [0.25, 0.3) is 10.6 Å². The van der Waals surface area contributed by atoms with Crippen LogP contribution in [0.3, 0.4) is 0 Å². The molecule has 3 aromatic rings. The van der Waals surface area contributed by atoms with Crippen LogP contribution < -0.4 is 0 Å². The van der Waals surface area contributed by atoms with E-state index in [-0.39, 0.29) is 0 Å². The van der Waals surface area contributed by atoms with E-state index in [1.807, 2.05) is 24.0 Å². The van der Waals surface area contributed by atoms with E-state index < -0.39 is 0 Å². The Labute approximate surface area is 133 Å². The van der Waals surface area contributed by atoms with Crippen molar-refractivity contribution in [3.63, 3.8) is 0 Å². The summed E-state index contributed by atoms with van der Waals surface area (Å²) >= 11 is 1.67. The summed E-state index contributed by atoms with van der Waals surface area (Å²) in [6, 6.07) is 6.59. The minimum absolute atomic E-state index is 0.440. The Morgan fingerprint density at radius 3 is 3.18 bits per heavy atom. The Bertz CT molecular complexity index is 746. The number of rotatable bonds is 4. The first kappa shape index (κ1) is 13.7. The van der Waals surface area contributed by atoms with Gasteiger partial charge in [0.2, 0.25) is 0 Å². The highest BCUT2D eigenvalue weighted by Gasteiger charge is 2.27. The second kappa shape index (κ2) is 5.70. The smallest absolute Gasteiger partial charge is 0.177 e. The van der Waals surface area contributed by atoms with Gasteiger partial charge in [-0.15, -0.1) is 11.3 Å². The fourth-order valence-corrected chi connectivity index (χ4v) is 3.81. The summed E-state index contributed by atoms with van der Waals surface area (Å²) in [4.78, 5) is 3.59. The molecule has 4 heterocycles. The molecular formula is C16H18N4OS. The quantitative estimate of drug-likeness (QED) is 0.740. The SMILES string of the molecule is Cn1cc([C@@H]2CCCN2Cc2cc(-c3cccs3)on2)cn1. The average molecular weight is 314 g/mol. The maximum Gasteiger partial charge on any atom is 0.177 e. The number of likely N-dealkylation sites (tertiary alicyclic amines) is 1. The van der Waals surface area contributed by atoms with Crippen LogP contribution in [-0.4, -0.2) is 26.4 Å². The molecule has 3 aromatic heterocycles. The standard InChI is InChI=1S/C16H18N4OS/c1-19-10-12(9-17-19)14-4-2-6-20(14)11-13-8-15(21-18-13)16-5-3-7-22-16/h3,5,7-10,14H,2,4,6,11H2,1H3/t14-/m0/s1. The van der Waals surface area contributed by atoms with Gasteiger partial charge in [-0.1, -0.05) is 11.2 Å². The summed E-state index contributed by atoms with van der Waals surface area (Å²) in [6.07, 6.45) is 6.49. The number of aryl methyl sites for hydroxylation is 1. The normalized spacial score (nSPS) is 19.0. The summed E-state index contributed by atoms with van der Waals surface area (Å²) in [6.45, 7) is 1.93. The zero-order valence-electron chi connectivity index (χ0n) is 12.5. The molecule has 6 heteroatoms. The van der Waals surface area contributed by atoms with E-state index in [0.29, 0.717) is 6.04 Å². The molecule has 0 N–H and O–H groups in total. The molecule has 0 spiro atoms. The fourth-order valence-electron chi connectivity index (χ4n) is 3.13. The van der Waals surface area contributed by atoms with Gasteiger partial charge in [0.15, 0.2) is 5.76 Å². The van der Waals surface area contributed by atoms with Gasteiger partial charge in [0, 0.05) is 37.5 Å². The molecule has 4 rings (SSSR count). The summed E-state index contributed by atoms with van der Waals surface area (Å²) < 4.78 is 7.35. The molecule has 0 saturated carbocycles. The van der Waals surface area contributed by atoms with Gasteiger partial charge in [0.1, 0.15) is 0 Å². The van der Waals surface area contributed by atoms with Crippen molar-refractivity contribution in [2.75, 3.05) is 6.54 Å². The third kappa shape index (κ3) is 2.60. The first-order valence-electron chi connectivity index (χ1n) is 7.51. The summed E-state index contributed by atoms with van der Waals surface area (Å²) in [5, 5.41) is 10.6. The number of nitrogens with zero attached hydrogens (tertiary/aromatic N) is 4. The zero-order valence-corrected chi connectivity index (χ0v) is 13.3. The molecule has 22 heavy (non-hydrogen) atoms. The van der Waals surface area contributed by atoms with Gasteiger partial charge in [-0.2, -0.15) is 5.10 Å². The lowest BCUT2D eigenvalue weighted by molar-refractivity contribution is 0.240. The molecule has 1 aliphatic rings. The van der Waals surface area contributed by atoms with Crippen LogP contribution >= 0.6 is 11.3 Å². The van der Waals surface area contributed by atoms with Crippen molar-refractivity contribution in [1.82, 2.24) is 19.8 Å². The zero-order chi connectivity index (χ0) is 14.9. The molecular weight excluding hydrogens is 296 g/mol. The van der Waals surface area contributed by atoms with Crippen molar-refractivity contribution < 1.29 is 4.52 Å². The molecule has 1 aliphatic heterocycles. The highest BCUT2D eigenvalue weighted by molar-refractivity contribution is 7.13. The van der Waals surface area contributed by atoms with Gasteiger partial charge < -0.3 is 4.52 Å². The van der Waals surface area contributed by atoms with Crippen molar-refractivity contribution in [2.45, 2.75) is 25.4 Å². The van der Waals surface area contributed by atoms with E-state index in [9.17, 15) is 0 Å². The first-order valence-corrected chi connectivity index (χ1v) is 8.39. The van der Waals surface area contributed by atoms with Crippen molar-refractivity contribution in [3.8, 4) is 10.6 Å². The lowest BCUT2D eigenvalue weighted by Crippen LogP contribution is -2.22. The third-order valence-corrected chi connectivity index (χ3v) is 5.05. The number of aromatic nitrogens is 3. The van der Waals surface area contributed by atoms with Crippen molar-refractivity contribution in [1.29, 1.82) is 0 Å². The van der Waals surface area contributed by atoms with Crippen LogP contribution in [0.4, 0.5) is 0 Å². The van der Waals surface area contributed by atoms with Crippen LogP contribution in [0.1, 0.15) is 30.1 Å². The highest BCUT2D eigenvalue weighted by atomic mass is 32.1. The van der Waals surface area contributed by atoms with E-state index >= 15 is 0 Å². The van der Waals surface area contributed by atoms with Crippen LogP contribution in [0.15, 0.2) is 40.5 Å². The maximum absolute atomic E-state index is 5.48. The minimum Gasteiger partial charge on any atom is -0.355 e. The van der Waals surface area contributed by atoms with Crippen molar-refractivity contribution >= 4 is 11.3 Å². The highest BCUT2D eigenvalue weighted by Crippen LogP contribution is 2.33. The van der Waals surface area contributed by atoms with Crippen LogP contribution in [-0.2, 0) is 13.6 Å². The molecule has 1 atom stereocenters. The van der Waals surface area contributed by atoms with E-state index in [4.69, 9.17) is 4.52 Å². The average Bonchev–Trinajstić information content (AvgIpc) is 3.26. The third-order valence-electron chi connectivity index (χ3n) is 4.16. The second-order valence-electron chi connectivity index (χ2n) is 5.74. The number of hydrogen-bond donors (Lipinski definition) is 0. The molecule has 114 valence electrons. The Balaban J connectivity index is 1.50. The molecule has 1 saturated heterocycles. The predicted molar refractivity (Wildman–Crippen MR) is 85.4 cm³/mol. The van der Waals surface area contributed by atoms with Gasteiger partial charge in [0.05, 0.1) is 16.8 Å². The van der Waals surface area contributed by atoms with Crippen LogP contribution in [0, 0.1) is 0 Å². The number of thiophene rings is 1. The Hall–Kier alpha value is -1.92. The predicted octanol–water partition coefficient (Wildman–Crippen LogP) is 3.47. The molecule has 0 amide bonds. The number of hydrogen-bond acceptors (Lipinski definition) is 5. The topological polar surface area (TPSA) is 47.1 Å². The molecule has 0 aliphatic carbocycles. The monoisotopic (exact) mass is 314 g/mol.